The standard InChI is InChI=1S/C7H3F3S/c8-7(9,10)4-2-1-3-5-6(4)11-5/h1-3H. The fourth-order valence-corrected chi connectivity index (χ4v) is 1.70. The maximum atomic E-state index is 12.1. The van der Waals surface area contributed by atoms with Crippen LogP contribution in [0.2, 0.25) is 0 Å². The normalized spacial score (nSPS) is 14.5. The van der Waals surface area contributed by atoms with Crippen molar-refractivity contribution in [2.24, 2.45) is 0 Å². The molecule has 2 rings (SSSR count). The Morgan fingerprint density at radius 2 is 1.91 bits per heavy atom. The third-order valence-corrected chi connectivity index (χ3v) is 2.45. The second kappa shape index (κ2) is 1.94. The van der Waals surface area contributed by atoms with Gasteiger partial charge in [0, 0.05) is 9.79 Å². The second-order valence-corrected chi connectivity index (χ2v) is 3.28. The van der Waals surface area contributed by atoms with Crippen molar-refractivity contribution in [3.8, 4) is 0 Å². The van der Waals surface area contributed by atoms with E-state index in [1.54, 1.807) is 6.07 Å². The van der Waals surface area contributed by atoms with Gasteiger partial charge in [0.2, 0.25) is 0 Å². The molecule has 0 aliphatic carbocycles. The number of alkyl halides is 3. The van der Waals surface area contributed by atoms with Gasteiger partial charge in [0.15, 0.2) is 0 Å². The first kappa shape index (κ1) is 7.03. The van der Waals surface area contributed by atoms with Crippen LogP contribution in [-0.2, 0) is 6.18 Å². The number of benzene rings is 1. The number of hydrogen-bond donors (Lipinski definition) is 0. The van der Waals surface area contributed by atoms with E-state index < -0.39 is 11.7 Å². The van der Waals surface area contributed by atoms with E-state index in [-0.39, 0.29) is 0 Å². The summed E-state index contributed by atoms with van der Waals surface area (Å²) in [4.78, 5) is 1.14. The average Bonchev–Trinajstić information content (AvgIpc) is 2.60. The molecular formula is C7H3F3S. The first-order valence-electron chi connectivity index (χ1n) is 2.97. The highest BCUT2D eigenvalue weighted by Gasteiger charge is 2.38. The molecule has 0 aromatic heterocycles. The van der Waals surface area contributed by atoms with Crippen LogP contribution in [0.25, 0.3) is 0 Å². The van der Waals surface area contributed by atoms with Gasteiger partial charge in [0.05, 0.1) is 5.56 Å². The van der Waals surface area contributed by atoms with Crippen LogP contribution in [0, 0.1) is 0 Å². The van der Waals surface area contributed by atoms with Crippen LogP contribution >= 0.6 is 11.8 Å². The summed E-state index contributed by atoms with van der Waals surface area (Å²) in [5, 5.41) is 0. The molecule has 11 heavy (non-hydrogen) atoms. The molecule has 1 aliphatic rings. The number of halogens is 3. The van der Waals surface area contributed by atoms with Crippen molar-refractivity contribution >= 4 is 11.8 Å². The summed E-state index contributed by atoms with van der Waals surface area (Å²) in [6, 6.07) is 4.23. The summed E-state index contributed by atoms with van der Waals surface area (Å²) < 4.78 is 36.2. The Hall–Kier alpha value is -0.640. The zero-order valence-electron chi connectivity index (χ0n) is 5.27. The lowest BCUT2D eigenvalue weighted by molar-refractivity contribution is -0.139. The highest BCUT2D eigenvalue weighted by Crippen LogP contribution is 2.54. The molecule has 0 saturated heterocycles. The fraction of sp³-hybridized carbons (Fsp3) is 0.143. The van der Waals surface area contributed by atoms with Crippen molar-refractivity contribution in [3.63, 3.8) is 0 Å². The first-order valence-corrected chi connectivity index (χ1v) is 3.79. The van der Waals surface area contributed by atoms with E-state index in [1.165, 1.54) is 17.8 Å². The fourth-order valence-electron chi connectivity index (χ4n) is 0.913. The summed E-state index contributed by atoms with van der Waals surface area (Å²) in [6.45, 7) is 0. The highest BCUT2D eigenvalue weighted by molar-refractivity contribution is 8.05. The van der Waals surface area contributed by atoms with Gasteiger partial charge in [-0.3, -0.25) is 0 Å². The minimum atomic E-state index is -4.19. The minimum absolute atomic E-state index is 0.389. The van der Waals surface area contributed by atoms with Crippen LogP contribution in [0.3, 0.4) is 0 Å². The van der Waals surface area contributed by atoms with Gasteiger partial charge in [-0.2, -0.15) is 13.2 Å². The molecule has 0 amide bonds. The monoisotopic (exact) mass is 176 g/mol. The molecule has 0 radical (unpaired) electrons. The Morgan fingerprint density at radius 1 is 1.18 bits per heavy atom. The molecular weight excluding hydrogens is 173 g/mol. The van der Waals surface area contributed by atoms with Crippen molar-refractivity contribution in [2.75, 3.05) is 0 Å². The first-order chi connectivity index (χ1) is 5.09. The molecule has 0 spiro atoms. The van der Waals surface area contributed by atoms with Crippen LogP contribution in [0.5, 0.6) is 0 Å². The van der Waals surface area contributed by atoms with Crippen molar-refractivity contribution < 1.29 is 13.2 Å². The van der Waals surface area contributed by atoms with Gasteiger partial charge in [-0.15, -0.1) is 0 Å². The van der Waals surface area contributed by atoms with Crippen molar-refractivity contribution in [2.45, 2.75) is 16.0 Å². The number of hydrogen-bond acceptors (Lipinski definition) is 1. The van der Waals surface area contributed by atoms with E-state index in [9.17, 15) is 13.2 Å². The Balaban J connectivity index is 2.50. The van der Waals surface area contributed by atoms with E-state index in [4.69, 9.17) is 0 Å². The van der Waals surface area contributed by atoms with E-state index >= 15 is 0 Å². The van der Waals surface area contributed by atoms with E-state index in [2.05, 4.69) is 0 Å². The van der Waals surface area contributed by atoms with Crippen molar-refractivity contribution in [1.29, 1.82) is 0 Å². The van der Waals surface area contributed by atoms with Gasteiger partial charge in [-0.1, -0.05) is 17.8 Å². The van der Waals surface area contributed by atoms with Crippen LogP contribution < -0.4 is 0 Å². The maximum absolute atomic E-state index is 12.1. The topological polar surface area (TPSA) is 0 Å². The molecule has 0 atom stereocenters. The van der Waals surface area contributed by atoms with Crippen molar-refractivity contribution in [3.05, 3.63) is 23.8 Å². The zero-order chi connectivity index (χ0) is 8.06. The lowest BCUT2D eigenvalue weighted by Crippen LogP contribution is -2.03. The smallest absolute Gasteiger partial charge is 0.166 e. The van der Waals surface area contributed by atoms with Gasteiger partial charge >= 0.3 is 6.18 Å². The van der Waals surface area contributed by atoms with Crippen molar-refractivity contribution in [1.82, 2.24) is 0 Å². The predicted molar refractivity (Wildman–Crippen MR) is 35.6 cm³/mol. The van der Waals surface area contributed by atoms with Crippen LogP contribution in [-0.4, -0.2) is 0 Å². The quantitative estimate of drug-likeness (QED) is 0.555. The molecule has 4 heteroatoms. The van der Waals surface area contributed by atoms with Gasteiger partial charge in [0.1, 0.15) is 0 Å². The Bertz CT molecular complexity index is 303. The lowest BCUT2D eigenvalue weighted by atomic mass is 10.2. The summed E-state index contributed by atoms with van der Waals surface area (Å²) >= 11 is 1.19. The summed E-state index contributed by atoms with van der Waals surface area (Å²) in [7, 11) is 0. The third-order valence-electron chi connectivity index (χ3n) is 1.45. The third kappa shape index (κ3) is 1.11. The Kier molecular flexibility index (Phi) is 1.24. The van der Waals surface area contributed by atoms with Crippen LogP contribution in [0.1, 0.15) is 5.56 Å². The lowest BCUT2D eigenvalue weighted by Gasteiger charge is -2.03. The molecule has 1 aromatic carbocycles. The number of fused-ring (bicyclic) bond motifs is 1. The highest BCUT2D eigenvalue weighted by atomic mass is 32.2. The summed E-state index contributed by atoms with van der Waals surface area (Å²) in [5.41, 5.74) is -0.500. The molecule has 0 N–H and O–H groups in total. The minimum Gasteiger partial charge on any atom is -0.166 e. The molecule has 0 fully saturated rings. The number of rotatable bonds is 0. The average molecular weight is 176 g/mol. The SMILES string of the molecule is FC(F)(F)c1cccc2c1S2. The van der Waals surface area contributed by atoms with Crippen LogP contribution in [0.15, 0.2) is 28.0 Å². The molecule has 1 heterocycles. The van der Waals surface area contributed by atoms with Gasteiger partial charge in [-0.05, 0) is 12.1 Å². The van der Waals surface area contributed by atoms with E-state index in [0.29, 0.717) is 4.90 Å². The summed E-state index contributed by atoms with van der Waals surface area (Å²) in [5.74, 6) is 0. The van der Waals surface area contributed by atoms with Gasteiger partial charge < -0.3 is 0 Å². The maximum Gasteiger partial charge on any atom is 0.417 e. The van der Waals surface area contributed by atoms with Crippen LogP contribution in [0.4, 0.5) is 13.2 Å². The Labute approximate surface area is 65.4 Å². The largest absolute Gasteiger partial charge is 0.417 e. The second-order valence-electron chi connectivity index (χ2n) is 2.23. The van der Waals surface area contributed by atoms with E-state index in [0.717, 1.165) is 11.0 Å². The molecule has 1 aromatic rings. The summed E-state index contributed by atoms with van der Waals surface area (Å²) in [6.07, 6.45) is -4.19. The van der Waals surface area contributed by atoms with E-state index in [1.807, 2.05) is 0 Å². The Morgan fingerprint density at radius 3 is 2.45 bits per heavy atom. The molecule has 0 saturated carbocycles. The molecule has 0 unspecified atom stereocenters. The molecule has 0 bridgehead atoms. The van der Waals surface area contributed by atoms with Gasteiger partial charge in [0.25, 0.3) is 0 Å². The predicted octanol–water partition coefficient (Wildman–Crippen LogP) is 3.17. The molecule has 1 aliphatic heterocycles. The molecule has 0 nitrogen and oxygen atoms in total. The zero-order valence-corrected chi connectivity index (χ0v) is 6.09. The van der Waals surface area contributed by atoms with Gasteiger partial charge in [-0.25, -0.2) is 0 Å². The molecule has 58 valence electrons.